The topological polar surface area (TPSA) is 54.0 Å². The first-order valence-electron chi connectivity index (χ1n) is 10.9. The average Bonchev–Trinajstić information content (AvgIpc) is 3.23. The number of carbonyl (C=O) groups is 1. The Morgan fingerprint density at radius 3 is 2.73 bits per heavy atom. The highest BCUT2D eigenvalue weighted by molar-refractivity contribution is 5.84. The Kier molecular flexibility index (Phi) is 7.34. The van der Waals surface area contributed by atoms with Crippen LogP contribution >= 0.6 is 0 Å². The van der Waals surface area contributed by atoms with E-state index in [2.05, 4.69) is 57.6 Å². The number of rotatable bonds is 7. The lowest BCUT2D eigenvalue weighted by Crippen LogP contribution is -2.38. The van der Waals surface area contributed by atoms with Gasteiger partial charge in [0, 0.05) is 37.9 Å². The summed E-state index contributed by atoms with van der Waals surface area (Å²) < 4.78 is 10.7. The minimum absolute atomic E-state index is 0.379. The van der Waals surface area contributed by atoms with Crippen molar-refractivity contribution >= 4 is 11.8 Å². The molecule has 1 N–H and O–H groups in total. The third-order valence-electron chi connectivity index (χ3n) is 5.85. The van der Waals surface area contributed by atoms with Crippen molar-refractivity contribution < 1.29 is 14.3 Å². The predicted octanol–water partition coefficient (Wildman–Crippen LogP) is 3.90. The van der Waals surface area contributed by atoms with E-state index < -0.39 is 6.09 Å². The molecule has 0 aromatic heterocycles. The largest absolute Gasteiger partial charge is 0.448 e. The summed E-state index contributed by atoms with van der Waals surface area (Å²) in [6.07, 6.45) is 1.94. The summed E-state index contributed by atoms with van der Waals surface area (Å²) in [4.78, 5) is 17.0. The van der Waals surface area contributed by atoms with Crippen LogP contribution in [0, 0.1) is 0 Å². The molecule has 2 aromatic carbocycles. The van der Waals surface area contributed by atoms with Gasteiger partial charge < -0.3 is 9.47 Å². The molecule has 30 heavy (non-hydrogen) atoms. The summed E-state index contributed by atoms with van der Waals surface area (Å²) in [5, 5.41) is 2.89. The SMILES string of the molecule is O=C(Nc1cccc(C2CCCN2Cc2ccccc2)c1)OCCN1CCOCC1. The van der Waals surface area contributed by atoms with E-state index in [4.69, 9.17) is 9.47 Å². The smallest absolute Gasteiger partial charge is 0.411 e. The Balaban J connectivity index is 1.30. The highest BCUT2D eigenvalue weighted by Gasteiger charge is 2.26. The maximum absolute atomic E-state index is 12.2. The van der Waals surface area contributed by atoms with E-state index in [9.17, 15) is 4.79 Å². The molecule has 6 nitrogen and oxygen atoms in total. The molecule has 1 atom stereocenters. The monoisotopic (exact) mass is 409 g/mol. The van der Waals surface area contributed by atoms with Crippen molar-refractivity contribution in [3.63, 3.8) is 0 Å². The molecule has 2 aromatic rings. The highest BCUT2D eigenvalue weighted by Crippen LogP contribution is 2.34. The number of hydrogen-bond donors (Lipinski definition) is 1. The van der Waals surface area contributed by atoms with Gasteiger partial charge in [0.05, 0.1) is 13.2 Å². The van der Waals surface area contributed by atoms with E-state index in [1.165, 1.54) is 17.5 Å². The van der Waals surface area contributed by atoms with Gasteiger partial charge in [-0.2, -0.15) is 0 Å². The van der Waals surface area contributed by atoms with Crippen molar-refractivity contribution in [3.05, 3.63) is 65.7 Å². The van der Waals surface area contributed by atoms with E-state index in [1.54, 1.807) is 0 Å². The van der Waals surface area contributed by atoms with Crippen LogP contribution in [0.1, 0.15) is 30.0 Å². The van der Waals surface area contributed by atoms with E-state index in [-0.39, 0.29) is 0 Å². The van der Waals surface area contributed by atoms with Crippen LogP contribution in [0.3, 0.4) is 0 Å². The summed E-state index contributed by atoms with van der Waals surface area (Å²) in [5.74, 6) is 0. The number of morpholine rings is 1. The second-order valence-corrected chi connectivity index (χ2v) is 7.95. The molecule has 2 aliphatic heterocycles. The lowest BCUT2D eigenvalue weighted by Gasteiger charge is -2.26. The number of likely N-dealkylation sites (tertiary alicyclic amines) is 1. The van der Waals surface area contributed by atoms with E-state index in [0.717, 1.165) is 58.0 Å². The number of hydrogen-bond acceptors (Lipinski definition) is 5. The van der Waals surface area contributed by atoms with Gasteiger partial charge in [-0.15, -0.1) is 0 Å². The highest BCUT2D eigenvalue weighted by atomic mass is 16.5. The number of nitrogens with one attached hydrogen (secondary N) is 1. The number of nitrogens with zero attached hydrogens (tertiary/aromatic N) is 2. The summed E-state index contributed by atoms with van der Waals surface area (Å²) >= 11 is 0. The molecule has 1 unspecified atom stereocenters. The first-order valence-corrected chi connectivity index (χ1v) is 10.9. The normalized spacial score (nSPS) is 20.2. The van der Waals surface area contributed by atoms with E-state index >= 15 is 0 Å². The van der Waals surface area contributed by atoms with Gasteiger partial charge in [0.1, 0.15) is 6.61 Å². The molecule has 0 spiro atoms. The minimum atomic E-state index is -0.395. The lowest BCUT2D eigenvalue weighted by molar-refractivity contribution is 0.0290. The Labute approximate surface area is 178 Å². The van der Waals surface area contributed by atoms with Crippen LogP contribution in [-0.4, -0.2) is 61.9 Å². The van der Waals surface area contributed by atoms with Crippen LogP contribution in [0.4, 0.5) is 10.5 Å². The first-order chi connectivity index (χ1) is 14.8. The zero-order chi connectivity index (χ0) is 20.6. The maximum Gasteiger partial charge on any atom is 0.411 e. The maximum atomic E-state index is 12.2. The predicted molar refractivity (Wildman–Crippen MR) is 117 cm³/mol. The minimum Gasteiger partial charge on any atom is -0.448 e. The van der Waals surface area contributed by atoms with E-state index in [0.29, 0.717) is 12.6 Å². The second-order valence-electron chi connectivity index (χ2n) is 7.95. The van der Waals surface area contributed by atoms with Gasteiger partial charge >= 0.3 is 6.09 Å². The first kappa shape index (κ1) is 20.8. The van der Waals surface area contributed by atoms with Crippen molar-refractivity contribution in [1.29, 1.82) is 0 Å². The van der Waals surface area contributed by atoms with Crippen LogP contribution in [0.5, 0.6) is 0 Å². The fraction of sp³-hybridized carbons (Fsp3) is 0.458. The summed E-state index contributed by atoms with van der Waals surface area (Å²) in [6, 6.07) is 19.1. The fourth-order valence-electron chi connectivity index (χ4n) is 4.28. The summed E-state index contributed by atoms with van der Waals surface area (Å²) in [7, 11) is 0. The third kappa shape index (κ3) is 5.81. The Bertz CT molecular complexity index is 808. The molecule has 2 fully saturated rings. The molecule has 0 aliphatic carbocycles. The molecular formula is C24H31N3O3. The van der Waals surface area contributed by atoms with Gasteiger partial charge in [0.25, 0.3) is 0 Å². The zero-order valence-corrected chi connectivity index (χ0v) is 17.5. The molecule has 6 heteroatoms. The quantitative estimate of drug-likeness (QED) is 0.752. The van der Waals surface area contributed by atoms with Crippen molar-refractivity contribution in [2.75, 3.05) is 51.3 Å². The second kappa shape index (κ2) is 10.6. The van der Waals surface area contributed by atoms with Crippen molar-refractivity contribution in [3.8, 4) is 0 Å². The van der Waals surface area contributed by atoms with Crippen LogP contribution in [0.2, 0.25) is 0 Å². The Morgan fingerprint density at radius 2 is 1.90 bits per heavy atom. The number of ether oxygens (including phenoxy) is 2. The number of carbonyl (C=O) groups excluding carboxylic acids is 1. The van der Waals surface area contributed by atoms with Crippen LogP contribution < -0.4 is 5.32 Å². The molecule has 2 aliphatic rings. The molecule has 0 radical (unpaired) electrons. The van der Waals surface area contributed by atoms with Crippen molar-refractivity contribution in [1.82, 2.24) is 9.80 Å². The molecule has 1 amide bonds. The fourth-order valence-corrected chi connectivity index (χ4v) is 4.28. The summed E-state index contributed by atoms with van der Waals surface area (Å²) in [5.41, 5.74) is 3.37. The van der Waals surface area contributed by atoms with Gasteiger partial charge in [-0.1, -0.05) is 42.5 Å². The van der Waals surface area contributed by atoms with Gasteiger partial charge in [-0.25, -0.2) is 4.79 Å². The summed E-state index contributed by atoms with van der Waals surface area (Å²) in [6.45, 7) is 6.48. The molecule has 0 bridgehead atoms. The lowest BCUT2D eigenvalue weighted by atomic mass is 10.0. The molecule has 4 rings (SSSR count). The number of benzene rings is 2. The van der Waals surface area contributed by atoms with Crippen molar-refractivity contribution in [2.45, 2.75) is 25.4 Å². The average molecular weight is 410 g/mol. The van der Waals surface area contributed by atoms with E-state index in [1.807, 2.05) is 12.1 Å². The van der Waals surface area contributed by atoms with Gasteiger partial charge in [-0.05, 0) is 42.6 Å². The standard InChI is InChI=1S/C24H31N3O3/c28-24(30-17-14-26-12-15-29-16-13-26)25-22-9-4-8-21(18-22)23-10-5-11-27(23)19-20-6-2-1-3-7-20/h1-4,6-9,18,23H,5,10-17,19H2,(H,25,28). The molecule has 2 heterocycles. The Morgan fingerprint density at radius 1 is 1.07 bits per heavy atom. The third-order valence-corrected chi connectivity index (χ3v) is 5.85. The molecule has 160 valence electrons. The number of amides is 1. The van der Waals surface area contributed by atoms with Crippen LogP contribution in [0.25, 0.3) is 0 Å². The molecule has 0 saturated carbocycles. The van der Waals surface area contributed by atoms with Crippen LogP contribution in [0.15, 0.2) is 54.6 Å². The number of anilines is 1. The molecular weight excluding hydrogens is 378 g/mol. The van der Waals surface area contributed by atoms with Gasteiger partial charge in [-0.3, -0.25) is 15.1 Å². The van der Waals surface area contributed by atoms with Crippen LogP contribution in [-0.2, 0) is 16.0 Å². The van der Waals surface area contributed by atoms with Crippen molar-refractivity contribution in [2.24, 2.45) is 0 Å². The zero-order valence-electron chi connectivity index (χ0n) is 17.5. The Hall–Kier alpha value is -2.41. The van der Waals surface area contributed by atoms with Gasteiger partial charge in [0.15, 0.2) is 0 Å². The van der Waals surface area contributed by atoms with Gasteiger partial charge in [0.2, 0.25) is 0 Å². The molecule has 2 saturated heterocycles.